The lowest BCUT2D eigenvalue weighted by molar-refractivity contribution is 0.0720. The van der Waals surface area contributed by atoms with E-state index in [2.05, 4.69) is 147 Å². The largest absolute Gasteiger partial charge is 0.212 e. The Bertz CT molecular complexity index is 2620. The van der Waals surface area contributed by atoms with Gasteiger partial charge in [-0.25, -0.2) is 15.0 Å². The van der Waals surface area contributed by atoms with Gasteiger partial charge in [-0.15, -0.1) is 0 Å². The summed E-state index contributed by atoms with van der Waals surface area (Å²) in [5.74, 6) is 4.59. The second kappa shape index (κ2) is 11.8. The first-order chi connectivity index (χ1) is 25.0. The summed E-state index contributed by atoms with van der Waals surface area (Å²) in [6, 6.07) is 48.6. The van der Waals surface area contributed by atoms with Crippen molar-refractivity contribution in [3.63, 3.8) is 0 Å². The summed E-state index contributed by atoms with van der Waals surface area (Å²) in [7, 11) is 0. The molecule has 2 aliphatic carbocycles. The summed E-state index contributed by atoms with van der Waals surface area (Å²) in [4.78, 5) is 16.3. The number of benzene rings is 7. The first-order valence-corrected chi connectivity index (χ1v) is 18.7. The molecule has 0 N–H and O–H groups in total. The highest BCUT2D eigenvalue weighted by Gasteiger charge is 2.47. The third kappa shape index (κ3) is 5.30. The van der Waals surface area contributed by atoms with Crippen LogP contribution in [-0.2, 0) is 5.41 Å². The minimum absolute atomic E-state index is 0.0299. The van der Waals surface area contributed by atoms with Crippen molar-refractivity contribution in [3.05, 3.63) is 139 Å². The smallest absolute Gasteiger partial charge is 0.164 e. The summed E-state index contributed by atoms with van der Waals surface area (Å²) >= 11 is 0. The van der Waals surface area contributed by atoms with Crippen LogP contribution >= 0.6 is 0 Å². The Hall–Kier alpha value is -5.41. The third-order valence-electron chi connectivity index (χ3n) is 11.9. The number of fused-ring (bicyclic) bond motifs is 7. The minimum atomic E-state index is -0.0299. The highest BCUT2D eigenvalue weighted by molar-refractivity contribution is 6.09. The zero-order valence-corrected chi connectivity index (χ0v) is 29.3. The number of hydrogen-bond donors (Lipinski definition) is 0. The molecule has 0 aliphatic heterocycles. The highest BCUT2D eigenvalue weighted by atomic mass is 15.0. The van der Waals surface area contributed by atoms with E-state index in [1.165, 1.54) is 73.5 Å². The Morgan fingerprint density at radius 1 is 0.451 bits per heavy atom. The Kier molecular flexibility index (Phi) is 7.06. The number of rotatable bonds is 4. The zero-order chi connectivity index (χ0) is 34.1. The van der Waals surface area contributed by atoms with Crippen molar-refractivity contribution < 1.29 is 0 Å². The minimum Gasteiger partial charge on any atom is -0.212 e. The standard InChI is InChI=1S/C48H41N3/c1-30-21-32-22-31(2)28-48(27-30,29-32)47-50-45(39-18-15-33-9-3-4-11-35(33)24-39)49-46(51-47)44-26-40(25-37-12-6-8-14-42(37)44)36-19-20-43-38(23-36)17-16-34-10-5-7-13-41(34)43/h3-20,23-26,30-32H,21-22,27-29H2,1-2H3. The van der Waals surface area contributed by atoms with Crippen LogP contribution in [0.3, 0.4) is 0 Å². The summed E-state index contributed by atoms with van der Waals surface area (Å²) in [6.07, 6.45) is 6.09. The predicted octanol–water partition coefficient (Wildman–Crippen LogP) is 12.6. The van der Waals surface area contributed by atoms with E-state index >= 15 is 0 Å². The van der Waals surface area contributed by atoms with E-state index in [1.807, 2.05) is 0 Å². The zero-order valence-electron chi connectivity index (χ0n) is 29.3. The fraction of sp³-hybridized carbons (Fsp3) is 0.229. The topological polar surface area (TPSA) is 38.7 Å². The molecule has 248 valence electrons. The lowest BCUT2D eigenvalue weighted by Crippen LogP contribution is -2.43. The quantitative estimate of drug-likeness (QED) is 0.177. The molecule has 2 bridgehead atoms. The second-order valence-corrected chi connectivity index (χ2v) is 15.8. The van der Waals surface area contributed by atoms with Gasteiger partial charge < -0.3 is 0 Å². The van der Waals surface area contributed by atoms with E-state index in [0.717, 1.165) is 47.4 Å². The van der Waals surface area contributed by atoms with Crippen LogP contribution in [0.1, 0.15) is 51.8 Å². The summed E-state index contributed by atoms with van der Waals surface area (Å²) < 4.78 is 0. The van der Waals surface area contributed by atoms with Crippen LogP contribution in [0.15, 0.2) is 133 Å². The van der Waals surface area contributed by atoms with Crippen molar-refractivity contribution in [2.24, 2.45) is 17.8 Å². The molecule has 0 saturated heterocycles. The number of hydrogen-bond acceptors (Lipinski definition) is 3. The van der Waals surface area contributed by atoms with Crippen LogP contribution < -0.4 is 0 Å². The van der Waals surface area contributed by atoms with Crippen molar-refractivity contribution in [2.75, 3.05) is 0 Å². The van der Waals surface area contributed by atoms with E-state index in [9.17, 15) is 0 Å². The monoisotopic (exact) mass is 659 g/mol. The average molecular weight is 660 g/mol. The molecular formula is C48H41N3. The normalized spacial score (nSPS) is 21.8. The molecule has 2 fully saturated rings. The number of aromatic nitrogens is 3. The van der Waals surface area contributed by atoms with Gasteiger partial charge in [-0.2, -0.15) is 0 Å². The summed E-state index contributed by atoms with van der Waals surface area (Å²) in [5, 5.41) is 9.86. The van der Waals surface area contributed by atoms with E-state index < -0.39 is 0 Å². The average Bonchev–Trinajstić information content (AvgIpc) is 3.16. The molecule has 10 rings (SSSR count). The molecule has 2 saturated carbocycles. The van der Waals surface area contributed by atoms with Crippen LogP contribution in [0, 0.1) is 17.8 Å². The molecule has 0 radical (unpaired) electrons. The van der Waals surface area contributed by atoms with Gasteiger partial charge >= 0.3 is 0 Å². The molecular weight excluding hydrogens is 619 g/mol. The van der Waals surface area contributed by atoms with E-state index in [1.54, 1.807) is 0 Å². The van der Waals surface area contributed by atoms with Crippen molar-refractivity contribution in [1.29, 1.82) is 0 Å². The second-order valence-electron chi connectivity index (χ2n) is 15.8. The van der Waals surface area contributed by atoms with Crippen molar-refractivity contribution >= 4 is 43.1 Å². The van der Waals surface area contributed by atoms with Crippen LogP contribution in [0.4, 0.5) is 0 Å². The van der Waals surface area contributed by atoms with Gasteiger partial charge in [0.05, 0.1) is 0 Å². The fourth-order valence-corrected chi connectivity index (χ4v) is 10.0. The first kappa shape index (κ1) is 30.4. The fourth-order valence-electron chi connectivity index (χ4n) is 10.0. The van der Waals surface area contributed by atoms with Gasteiger partial charge in [0.2, 0.25) is 0 Å². The lowest BCUT2D eigenvalue weighted by atomic mass is 9.56. The first-order valence-electron chi connectivity index (χ1n) is 18.7. The van der Waals surface area contributed by atoms with Gasteiger partial charge in [0.15, 0.2) is 11.6 Å². The number of nitrogens with zero attached hydrogens (tertiary/aromatic N) is 3. The molecule has 2 aliphatic rings. The SMILES string of the molecule is CC1CC2CC(C)CC(c3nc(-c4ccc5ccccc5c4)nc(-c4cc(-c5ccc6c(ccc7ccccc76)c5)cc5ccccc45)n3)(C1)C2. The van der Waals surface area contributed by atoms with Crippen LogP contribution in [0.5, 0.6) is 0 Å². The molecule has 0 spiro atoms. The molecule has 3 nitrogen and oxygen atoms in total. The molecule has 1 aromatic heterocycles. The third-order valence-corrected chi connectivity index (χ3v) is 11.9. The maximum Gasteiger partial charge on any atom is 0.164 e. The van der Waals surface area contributed by atoms with Crippen molar-refractivity contribution in [1.82, 2.24) is 15.0 Å². The van der Waals surface area contributed by atoms with Gasteiger partial charge in [0.1, 0.15) is 5.82 Å². The molecule has 7 aromatic carbocycles. The summed E-state index contributed by atoms with van der Waals surface area (Å²) in [5.41, 5.74) is 4.44. The van der Waals surface area contributed by atoms with Gasteiger partial charge in [0, 0.05) is 16.5 Å². The highest BCUT2D eigenvalue weighted by Crippen LogP contribution is 2.53. The molecule has 1 heterocycles. The van der Waals surface area contributed by atoms with Crippen LogP contribution in [-0.4, -0.2) is 15.0 Å². The molecule has 51 heavy (non-hydrogen) atoms. The van der Waals surface area contributed by atoms with Crippen LogP contribution in [0.25, 0.3) is 77.0 Å². The molecule has 0 amide bonds. The molecule has 3 heteroatoms. The summed E-state index contributed by atoms with van der Waals surface area (Å²) in [6.45, 7) is 4.87. The molecule has 2 unspecified atom stereocenters. The van der Waals surface area contributed by atoms with E-state index in [4.69, 9.17) is 15.0 Å². The Labute approximate surface area is 299 Å². The van der Waals surface area contributed by atoms with Gasteiger partial charge in [-0.05, 0) is 128 Å². The van der Waals surface area contributed by atoms with Crippen molar-refractivity contribution in [3.8, 4) is 33.9 Å². The van der Waals surface area contributed by atoms with E-state index in [0.29, 0.717) is 11.8 Å². The molecule has 8 aromatic rings. The van der Waals surface area contributed by atoms with Crippen LogP contribution in [0.2, 0.25) is 0 Å². The Morgan fingerprint density at radius 2 is 1.02 bits per heavy atom. The van der Waals surface area contributed by atoms with E-state index in [-0.39, 0.29) is 5.41 Å². The maximum atomic E-state index is 5.54. The van der Waals surface area contributed by atoms with Gasteiger partial charge in [-0.3, -0.25) is 0 Å². The lowest BCUT2D eigenvalue weighted by Gasteiger charge is -2.49. The predicted molar refractivity (Wildman–Crippen MR) is 213 cm³/mol. The van der Waals surface area contributed by atoms with Gasteiger partial charge in [0.25, 0.3) is 0 Å². The molecule has 2 atom stereocenters. The Balaban J connectivity index is 1.19. The maximum absolute atomic E-state index is 5.54. The van der Waals surface area contributed by atoms with Crippen molar-refractivity contribution in [2.45, 2.75) is 51.4 Å². The van der Waals surface area contributed by atoms with Gasteiger partial charge in [-0.1, -0.05) is 123 Å². The Morgan fingerprint density at radius 3 is 1.84 bits per heavy atom.